The zero-order valence-corrected chi connectivity index (χ0v) is 25.7. The molecule has 2 amide bonds. The minimum absolute atomic E-state index is 0.0503. The predicted octanol–water partition coefficient (Wildman–Crippen LogP) is 3.22. The van der Waals surface area contributed by atoms with Crippen molar-refractivity contribution in [1.29, 1.82) is 5.41 Å². The maximum absolute atomic E-state index is 13.7. The van der Waals surface area contributed by atoms with Gasteiger partial charge in [-0.05, 0) is 60.1 Å². The van der Waals surface area contributed by atoms with E-state index in [0.29, 0.717) is 24.0 Å². The summed E-state index contributed by atoms with van der Waals surface area (Å²) in [5, 5.41) is 13.3. The third-order valence-corrected chi connectivity index (χ3v) is 8.60. The topological polar surface area (TPSA) is 167 Å². The standard InChI is InChI=1S/C34H38N6O4S/c35-32(36)29-15-11-27(12-16-29)23-38-33(41)30(17-13-26-19-21-37-22-20-26)39-34(42)31(18-14-25-7-3-1-4-8-25)40-45(43,44)24-28-9-5-2-6-10-28/h1-12,15-16,19-22,30-31,40H,13-14,17-18,23-24H2,(H3,35,36)(H,38,41)(H,39,42)/t30-,31-/m1/s1. The lowest BCUT2D eigenvalue weighted by molar-refractivity contribution is -0.130. The van der Waals surface area contributed by atoms with Crippen molar-refractivity contribution in [2.75, 3.05) is 0 Å². The second kappa shape index (κ2) is 16.3. The molecule has 0 unspecified atom stereocenters. The van der Waals surface area contributed by atoms with E-state index in [2.05, 4.69) is 20.3 Å². The molecule has 4 aromatic rings. The molecule has 234 valence electrons. The number of pyridine rings is 1. The molecule has 0 aliphatic carbocycles. The Morgan fingerprint density at radius 2 is 1.27 bits per heavy atom. The van der Waals surface area contributed by atoms with Gasteiger partial charge in [0.15, 0.2) is 0 Å². The van der Waals surface area contributed by atoms with Crippen LogP contribution in [0.4, 0.5) is 0 Å². The lowest BCUT2D eigenvalue weighted by atomic mass is 10.0. The van der Waals surface area contributed by atoms with Gasteiger partial charge in [-0.1, -0.05) is 84.9 Å². The first kappa shape index (κ1) is 33.0. The molecule has 0 saturated heterocycles. The van der Waals surface area contributed by atoms with Crippen LogP contribution in [0.15, 0.2) is 109 Å². The zero-order chi connectivity index (χ0) is 32.1. The summed E-state index contributed by atoms with van der Waals surface area (Å²) in [6, 6.07) is 26.8. The van der Waals surface area contributed by atoms with E-state index in [1.807, 2.05) is 42.5 Å². The summed E-state index contributed by atoms with van der Waals surface area (Å²) < 4.78 is 29.0. The molecule has 0 aliphatic rings. The number of nitrogens with zero attached hydrogens (tertiary/aromatic N) is 1. The van der Waals surface area contributed by atoms with E-state index in [9.17, 15) is 18.0 Å². The Morgan fingerprint density at radius 3 is 1.87 bits per heavy atom. The van der Waals surface area contributed by atoms with Gasteiger partial charge in [-0.15, -0.1) is 0 Å². The molecule has 11 heteroatoms. The number of amides is 2. The quantitative estimate of drug-likeness (QED) is 0.0946. The number of rotatable bonds is 16. The first-order valence-electron chi connectivity index (χ1n) is 14.7. The number of nitrogens with one attached hydrogen (secondary N) is 4. The number of nitrogens with two attached hydrogens (primary N) is 1. The van der Waals surface area contributed by atoms with Gasteiger partial charge in [0.05, 0.1) is 5.75 Å². The van der Waals surface area contributed by atoms with E-state index in [1.54, 1.807) is 67.0 Å². The lowest BCUT2D eigenvalue weighted by Gasteiger charge is -2.23. The van der Waals surface area contributed by atoms with Crippen molar-refractivity contribution < 1.29 is 18.0 Å². The van der Waals surface area contributed by atoms with E-state index in [4.69, 9.17) is 11.1 Å². The van der Waals surface area contributed by atoms with Crippen LogP contribution < -0.4 is 21.1 Å². The third kappa shape index (κ3) is 11.0. The van der Waals surface area contributed by atoms with Crippen LogP contribution in [0.2, 0.25) is 0 Å². The molecule has 45 heavy (non-hydrogen) atoms. The Labute approximate surface area is 264 Å². The maximum Gasteiger partial charge on any atom is 0.242 e. The SMILES string of the molecule is N=C(N)c1ccc(CNC(=O)[C@@H](CCc2ccncc2)NC(=O)[C@@H](CCc2ccccc2)NS(=O)(=O)Cc2ccccc2)cc1. The molecule has 6 N–H and O–H groups in total. The van der Waals surface area contributed by atoms with Crippen molar-refractivity contribution in [3.8, 4) is 0 Å². The fourth-order valence-electron chi connectivity index (χ4n) is 4.77. The molecule has 0 spiro atoms. The van der Waals surface area contributed by atoms with Crippen LogP contribution in [0.5, 0.6) is 0 Å². The minimum atomic E-state index is -3.89. The average Bonchev–Trinajstić information content (AvgIpc) is 3.05. The van der Waals surface area contributed by atoms with Crippen LogP contribution in [-0.4, -0.2) is 43.1 Å². The highest BCUT2D eigenvalue weighted by atomic mass is 32.2. The van der Waals surface area contributed by atoms with Crippen molar-refractivity contribution >= 4 is 27.7 Å². The van der Waals surface area contributed by atoms with Crippen LogP contribution in [0.1, 0.15) is 40.7 Å². The fourth-order valence-corrected chi connectivity index (χ4v) is 6.14. The Bertz CT molecular complexity index is 1650. The normalized spacial score (nSPS) is 12.5. The Hall–Kier alpha value is -4.87. The minimum Gasteiger partial charge on any atom is -0.384 e. The molecule has 1 aromatic heterocycles. The highest BCUT2D eigenvalue weighted by Gasteiger charge is 2.29. The van der Waals surface area contributed by atoms with Gasteiger partial charge in [-0.25, -0.2) is 13.1 Å². The number of aromatic nitrogens is 1. The van der Waals surface area contributed by atoms with Crippen LogP contribution in [0.3, 0.4) is 0 Å². The van der Waals surface area contributed by atoms with E-state index < -0.39 is 33.9 Å². The maximum atomic E-state index is 13.7. The monoisotopic (exact) mass is 626 g/mol. The highest BCUT2D eigenvalue weighted by Crippen LogP contribution is 2.12. The number of hydrogen-bond acceptors (Lipinski definition) is 6. The van der Waals surface area contributed by atoms with Gasteiger partial charge >= 0.3 is 0 Å². The third-order valence-electron chi connectivity index (χ3n) is 7.24. The van der Waals surface area contributed by atoms with Crippen LogP contribution in [0.25, 0.3) is 0 Å². The first-order chi connectivity index (χ1) is 21.7. The molecule has 0 aliphatic heterocycles. The molecule has 4 rings (SSSR count). The van der Waals surface area contributed by atoms with Crippen LogP contribution in [-0.2, 0) is 44.8 Å². The number of nitrogen functional groups attached to an aromatic ring is 1. The summed E-state index contributed by atoms with van der Waals surface area (Å²) >= 11 is 0. The zero-order valence-electron chi connectivity index (χ0n) is 24.9. The first-order valence-corrected chi connectivity index (χ1v) is 16.3. The highest BCUT2D eigenvalue weighted by molar-refractivity contribution is 7.88. The number of aryl methyl sites for hydroxylation is 2. The van der Waals surface area contributed by atoms with E-state index in [0.717, 1.165) is 16.7 Å². The van der Waals surface area contributed by atoms with Gasteiger partial charge in [0.1, 0.15) is 17.9 Å². The summed E-state index contributed by atoms with van der Waals surface area (Å²) in [6.07, 6.45) is 4.75. The van der Waals surface area contributed by atoms with E-state index in [-0.39, 0.29) is 31.0 Å². The molecule has 1 heterocycles. The van der Waals surface area contributed by atoms with Crippen molar-refractivity contribution in [2.24, 2.45) is 5.73 Å². The largest absolute Gasteiger partial charge is 0.384 e. The second-order valence-corrected chi connectivity index (χ2v) is 12.5. The second-order valence-electron chi connectivity index (χ2n) is 10.7. The van der Waals surface area contributed by atoms with Gasteiger partial charge in [0, 0.05) is 24.5 Å². The lowest BCUT2D eigenvalue weighted by Crippen LogP contribution is -2.54. The molecular weight excluding hydrogens is 588 g/mol. The molecule has 0 radical (unpaired) electrons. The molecule has 0 saturated carbocycles. The summed E-state index contributed by atoms with van der Waals surface area (Å²) in [7, 11) is -3.89. The van der Waals surface area contributed by atoms with Crippen molar-refractivity contribution in [3.05, 3.63) is 137 Å². The molecule has 0 fully saturated rings. The van der Waals surface area contributed by atoms with Gasteiger partial charge < -0.3 is 16.4 Å². The number of carbonyl (C=O) groups is 2. The Balaban J connectivity index is 1.50. The molecular formula is C34H38N6O4S. The van der Waals surface area contributed by atoms with Gasteiger partial charge in [0.2, 0.25) is 21.8 Å². The summed E-state index contributed by atoms with van der Waals surface area (Å²) in [5.41, 5.74) is 9.40. The average molecular weight is 627 g/mol. The summed E-state index contributed by atoms with van der Waals surface area (Å²) in [6.45, 7) is 0.194. The van der Waals surface area contributed by atoms with Crippen LogP contribution in [0, 0.1) is 5.41 Å². The number of amidine groups is 1. The fraction of sp³-hybridized carbons (Fsp3) is 0.235. The molecule has 2 atom stereocenters. The smallest absolute Gasteiger partial charge is 0.242 e. The molecule has 3 aromatic carbocycles. The van der Waals surface area contributed by atoms with Gasteiger partial charge in [0.25, 0.3) is 0 Å². The van der Waals surface area contributed by atoms with Gasteiger partial charge in [-0.3, -0.25) is 20.0 Å². The number of carbonyl (C=O) groups excluding carboxylic acids is 2. The van der Waals surface area contributed by atoms with Crippen molar-refractivity contribution in [2.45, 2.75) is 50.1 Å². The Morgan fingerprint density at radius 1 is 0.711 bits per heavy atom. The summed E-state index contributed by atoms with van der Waals surface area (Å²) in [4.78, 5) is 31.2. The molecule has 10 nitrogen and oxygen atoms in total. The van der Waals surface area contributed by atoms with E-state index in [1.165, 1.54) is 0 Å². The Kier molecular flexibility index (Phi) is 11.9. The predicted molar refractivity (Wildman–Crippen MR) is 175 cm³/mol. The number of benzene rings is 3. The van der Waals surface area contributed by atoms with Crippen LogP contribution >= 0.6 is 0 Å². The number of sulfonamides is 1. The van der Waals surface area contributed by atoms with E-state index >= 15 is 0 Å². The van der Waals surface area contributed by atoms with Gasteiger partial charge in [-0.2, -0.15) is 0 Å². The van der Waals surface area contributed by atoms with Crippen molar-refractivity contribution in [3.63, 3.8) is 0 Å². The summed E-state index contributed by atoms with van der Waals surface area (Å²) in [5.74, 6) is -1.31. The number of hydrogen-bond donors (Lipinski definition) is 5. The van der Waals surface area contributed by atoms with Crippen molar-refractivity contribution in [1.82, 2.24) is 20.3 Å². The molecule has 0 bridgehead atoms.